The molecule has 0 radical (unpaired) electrons. The van der Waals surface area contributed by atoms with Crippen LogP contribution in [0.1, 0.15) is 78.8 Å². The van der Waals surface area contributed by atoms with Crippen LogP contribution >= 0.6 is 0 Å². The summed E-state index contributed by atoms with van der Waals surface area (Å²) in [6.45, 7) is 10.1. The molecule has 1 aromatic carbocycles. The molecule has 27 heavy (non-hydrogen) atoms. The van der Waals surface area contributed by atoms with Gasteiger partial charge < -0.3 is 4.52 Å². The molecule has 1 atom stereocenters. The van der Waals surface area contributed by atoms with Crippen LogP contribution in [-0.2, 0) is 6.42 Å². The van der Waals surface area contributed by atoms with Gasteiger partial charge in [-0.25, -0.2) is 0 Å². The zero-order chi connectivity index (χ0) is 19.4. The van der Waals surface area contributed by atoms with Crippen molar-refractivity contribution >= 4 is 5.78 Å². The van der Waals surface area contributed by atoms with E-state index in [9.17, 15) is 4.79 Å². The number of aromatic nitrogens is 2. The Morgan fingerprint density at radius 1 is 1.30 bits per heavy atom. The lowest BCUT2D eigenvalue weighted by Gasteiger charge is -2.34. The number of unbranched alkanes of at least 4 members (excludes halogenated alkanes) is 1. The fourth-order valence-corrected chi connectivity index (χ4v) is 3.89. The first kappa shape index (κ1) is 19.7. The average molecular weight is 370 g/mol. The van der Waals surface area contributed by atoms with Crippen molar-refractivity contribution in [3.63, 3.8) is 0 Å². The van der Waals surface area contributed by atoms with Crippen LogP contribution in [0, 0.1) is 19.8 Å². The van der Waals surface area contributed by atoms with Crippen molar-refractivity contribution in [3.8, 4) is 0 Å². The van der Waals surface area contributed by atoms with E-state index in [1.54, 1.807) is 0 Å². The molecule has 0 aliphatic carbocycles. The topological polar surface area (TPSA) is 59.2 Å². The van der Waals surface area contributed by atoms with E-state index < -0.39 is 0 Å². The summed E-state index contributed by atoms with van der Waals surface area (Å²) in [6.07, 6.45) is 4.85. The molecule has 0 N–H and O–H groups in total. The van der Waals surface area contributed by atoms with Crippen molar-refractivity contribution in [2.75, 3.05) is 13.1 Å². The van der Waals surface area contributed by atoms with Crippen LogP contribution in [0.5, 0.6) is 0 Å². The van der Waals surface area contributed by atoms with E-state index in [-0.39, 0.29) is 12.0 Å². The van der Waals surface area contributed by atoms with Gasteiger partial charge in [-0.2, -0.15) is 4.98 Å². The van der Waals surface area contributed by atoms with Gasteiger partial charge >= 0.3 is 0 Å². The molecular weight excluding hydrogens is 338 g/mol. The van der Waals surface area contributed by atoms with E-state index in [2.05, 4.69) is 41.9 Å². The molecule has 0 bridgehead atoms. The minimum Gasteiger partial charge on any atom is -0.338 e. The molecule has 1 aliphatic rings. The Morgan fingerprint density at radius 2 is 2.04 bits per heavy atom. The van der Waals surface area contributed by atoms with E-state index in [0.29, 0.717) is 11.7 Å². The van der Waals surface area contributed by atoms with Crippen LogP contribution < -0.4 is 0 Å². The highest BCUT2D eigenvalue weighted by Gasteiger charge is 2.30. The third-order valence-corrected chi connectivity index (χ3v) is 5.69. The molecule has 2 heterocycles. The van der Waals surface area contributed by atoms with Gasteiger partial charge in [0.2, 0.25) is 5.89 Å². The lowest BCUT2D eigenvalue weighted by Crippen LogP contribution is -2.38. The van der Waals surface area contributed by atoms with Crippen LogP contribution in [0.25, 0.3) is 0 Å². The van der Waals surface area contributed by atoms with Crippen LogP contribution in [-0.4, -0.2) is 33.9 Å². The van der Waals surface area contributed by atoms with E-state index >= 15 is 0 Å². The predicted octanol–water partition coefficient (Wildman–Crippen LogP) is 4.68. The van der Waals surface area contributed by atoms with Crippen molar-refractivity contribution in [2.24, 2.45) is 5.92 Å². The predicted molar refractivity (Wildman–Crippen MR) is 106 cm³/mol. The maximum Gasteiger partial charge on any atom is 0.243 e. The van der Waals surface area contributed by atoms with Crippen molar-refractivity contribution in [1.29, 1.82) is 0 Å². The molecule has 1 unspecified atom stereocenters. The molecule has 0 spiro atoms. The van der Waals surface area contributed by atoms with E-state index in [1.165, 1.54) is 5.56 Å². The van der Waals surface area contributed by atoms with E-state index in [1.807, 2.05) is 19.1 Å². The Hall–Kier alpha value is -2.01. The summed E-state index contributed by atoms with van der Waals surface area (Å²) >= 11 is 0. The Labute approximate surface area is 162 Å². The first-order chi connectivity index (χ1) is 13.0. The smallest absolute Gasteiger partial charge is 0.243 e. The lowest BCUT2D eigenvalue weighted by atomic mass is 9.86. The van der Waals surface area contributed by atoms with Gasteiger partial charge in [0.1, 0.15) is 0 Å². The highest BCUT2D eigenvalue weighted by molar-refractivity contribution is 5.99. The second-order valence-corrected chi connectivity index (χ2v) is 7.82. The molecule has 146 valence electrons. The minimum absolute atomic E-state index is 0.102. The van der Waals surface area contributed by atoms with Crippen LogP contribution in [0.3, 0.4) is 0 Å². The standard InChI is InChI=1S/C22H31N3O2/c1-5-6-7-20-23-22(27-24-20)17(4)25-12-10-18(11-13-25)21(26)19-9-8-15(2)14-16(19)3/h8-9,14,17-18H,5-7,10-13H2,1-4H3. The number of hydrogen-bond donors (Lipinski definition) is 0. The second kappa shape index (κ2) is 8.79. The summed E-state index contributed by atoms with van der Waals surface area (Å²) in [6, 6.07) is 6.21. The third-order valence-electron chi connectivity index (χ3n) is 5.69. The van der Waals surface area contributed by atoms with Gasteiger partial charge in [0.25, 0.3) is 0 Å². The number of Topliss-reactive ketones (excluding diaryl/α,β-unsaturated/α-hetero) is 1. The largest absolute Gasteiger partial charge is 0.338 e. The number of ketones is 1. The van der Waals surface area contributed by atoms with Crippen LogP contribution in [0.15, 0.2) is 22.7 Å². The summed E-state index contributed by atoms with van der Waals surface area (Å²) in [4.78, 5) is 19.8. The quantitative estimate of drug-likeness (QED) is 0.663. The Balaban J connectivity index is 1.58. The maximum atomic E-state index is 12.9. The molecule has 1 aromatic heterocycles. The van der Waals surface area contributed by atoms with E-state index in [0.717, 1.165) is 62.1 Å². The first-order valence-electron chi connectivity index (χ1n) is 10.2. The highest BCUT2D eigenvalue weighted by atomic mass is 16.5. The molecular formula is C22H31N3O2. The van der Waals surface area contributed by atoms with Gasteiger partial charge in [-0.05, 0) is 58.7 Å². The normalized spacial score (nSPS) is 17.2. The summed E-state index contributed by atoms with van der Waals surface area (Å²) in [5.74, 6) is 1.90. The fourth-order valence-electron chi connectivity index (χ4n) is 3.89. The molecule has 3 rings (SSSR count). The Morgan fingerprint density at radius 3 is 2.70 bits per heavy atom. The molecule has 5 nitrogen and oxygen atoms in total. The van der Waals surface area contributed by atoms with Gasteiger partial charge in [-0.3, -0.25) is 9.69 Å². The number of carbonyl (C=O) groups excluding carboxylic acids is 1. The van der Waals surface area contributed by atoms with Crippen molar-refractivity contribution in [1.82, 2.24) is 15.0 Å². The third kappa shape index (κ3) is 4.64. The van der Waals surface area contributed by atoms with Crippen molar-refractivity contribution in [2.45, 2.75) is 65.8 Å². The van der Waals surface area contributed by atoms with E-state index in [4.69, 9.17) is 4.52 Å². The van der Waals surface area contributed by atoms with Gasteiger partial charge in [-0.15, -0.1) is 0 Å². The van der Waals surface area contributed by atoms with Gasteiger partial charge in [0.15, 0.2) is 11.6 Å². The molecule has 1 aliphatic heterocycles. The molecule has 5 heteroatoms. The fraction of sp³-hybridized carbons (Fsp3) is 0.591. The van der Waals surface area contributed by atoms with Crippen LogP contribution in [0.2, 0.25) is 0 Å². The molecule has 1 fully saturated rings. The number of hydrogen-bond acceptors (Lipinski definition) is 5. The molecule has 0 amide bonds. The number of piperidine rings is 1. The summed E-state index contributed by atoms with van der Waals surface area (Å²) in [5, 5.41) is 4.10. The minimum atomic E-state index is 0.102. The Bertz CT molecular complexity index is 776. The number of benzene rings is 1. The zero-order valence-electron chi connectivity index (χ0n) is 17.0. The maximum absolute atomic E-state index is 12.9. The zero-order valence-corrected chi connectivity index (χ0v) is 17.0. The molecule has 0 saturated carbocycles. The Kier molecular flexibility index (Phi) is 6.42. The van der Waals surface area contributed by atoms with Crippen molar-refractivity contribution < 1.29 is 9.32 Å². The van der Waals surface area contributed by atoms with Crippen LogP contribution in [0.4, 0.5) is 0 Å². The molecule has 2 aromatic rings. The van der Waals surface area contributed by atoms with Gasteiger partial charge in [0, 0.05) is 17.9 Å². The molecule has 1 saturated heterocycles. The highest BCUT2D eigenvalue weighted by Crippen LogP contribution is 2.28. The first-order valence-corrected chi connectivity index (χ1v) is 10.2. The monoisotopic (exact) mass is 369 g/mol. The number of carbonyl (C=O) groups is 1. The lowest BCUT2D eigenvalue weighted by molar-refractivity contribution is 0.0774. The van der Waals surface area contributed by atoms with Gasteiger partial charge in [0.05, 0.1) is 6.04 Å². The van der Waals surface area contributed by atoms with Crippen molar-refractivity contribution in [3.05, 3.63) is 46.6 Å². The van der Waals surface area contributed by atoms with Gasteiger partial charge in [-0.1, -0.05) is 42.3 Å². The number of aryl methyl sites for hydroxylation is 3. The average Bonchev–Trinajstić information content (AvgIpc) is 3.14. The number of rotatable bonds is 7. The second-order valence-electron chi connectivity index (χ2n) is 7.82. The number of likely N-dealkylation sites (tertiary alicyclic amines) is 1. The summed E-state index contributed by atoms with van der Waals surface area (Å²) < 4.78 is 5.48. The summed E-state index contributed by atoms with van der Waals surface area (Å²) in [7, 11) is 0. The number of nitrogens with zero attached hydrogens (tertiary/aromatic N) is 3. The SMILES string of the molecule is CCCCc1noc(C(C)N2CCC(C(=O)c3ccc(C)cc3C)CC2)n1. The summed E-state index contributed by atoms with van der Waals surface area (Å²) in [5.41, 5.74) is 3.16.